The van der Waals surface area contributed by atoms with Crippen molar-refractivity contribution in [2.75, 3.05) is 29.9 Å². The molecule has 0 bridgehead atoms. The van der Waals surface area contributed by atoms with E-state index in [0.29, 0.717) is 5.56 Å². The fourth-order valence-corrected chi connectivity index (χ4v) is 3.32. The van der Waals surface area contributed by atoms with E-state index >= 15 is 0 Å². The van der Waals surface area contributed by atoms with E-state index in [1.807, 2.05) is 24.3 Å². The number of rotatable bonds is 6. The highest BCUT2D eigenvalue weighted by molar-refractivity contribution is 5.92. The van der Waals surface area contributed by atoms with Crippen LogP contribution in [0, 0.1) is 11.6 Å². The Hall–Kier alpha value is -2.47. The maximum Gasteiger partial charge on any atom is 0.238 e. The predicted molar refractivity (Wildman–Crippen MR) is 104 cm³/mol. The molecule has 0 saturated carbocycles. The lowest BCUT2D eigenvalue weighted by atomic mass is 10.1. The Balaban J connectivity index is 1.50. The summed E-state index contributed by atoms with van der Waals surface area (Å²) in [5, 5.41) is 5.79. The number of benzene rings is 2. The number of hydrogen-bond donors (Lipinski definition) is 2. The Kier molecular flexibility index (Phi) is 6.40. The molecule has 1 amide bonds. The third-order valence-electron chi connectivity index (χ3n) is 4.87. The number of nitrogens with one attached hydrogen (secondary N) is 2. The molecule has 6 heteroatoms. The number of carbonyl (C=O) groups excluding carboxylic acids is 1. The molecule has 3 rings (SSSR count). The number of nitrogens with zero attached hydrogens (tertiary/aromatic N) is 1. The van der Waals surface area contributed by atoms with Gasteiger partial charge in [-0.1, -0.05) is 6.07 Å². The summed E-state index contributed by atoms with van der Waals surface area (Å²) in [5.74, 6) is -1.45. The number of halogens is 2. The van der Waals surface area contributed by atoms with Crippen LogP contribution in [0.5, 0.6) is 0 Å². The summed E-state index contributed by atoms with van der Waals surface area (Å²) in [5.41, 5.74) is 2.23. The van der Waals surface area contributed by atoms with Crippen molar-refractivity contribution < 1.29 is 13.6 Å². The third-order valence-corrected chi connectivity index (χ3v) is 4.87. The summed E-state index contributed by atoms with van der Waals surface area (Å²) >= 11 is 0. The summed E-state index contributed by atoms with van der Waals surface area (Å²) in [7, 11) is 0. The molecule has 144 valence electrons. The van der Waals surface area contributed by atoms with Crippen LogP contribution in [0.3, 0.4) is 0 Å². The molecule has 2 aromatic carbocycles. The van der Waals surface area contributed by atoms with E-state index in [1.165, 1.54) is 37.1 Å². The lowest BCUT2D eigenvalue weighted by Gasteiger charge is -2.28. The van der Waals surface area contributed by atoms with Crippen molar-refractivity contribution in [1.82, 2.24) is 5.32 Å². The Bertz CT molecular complexity index is 773. The average molecular weight is 373 g/mol. The number of piperidine rings is 1. The van der Waals surface area contributed by atoms with Gasteiger partial charge in [0.25, 0.3) is 0 Å². The molecule has 2 aromatic rings. The molecule has 1 saturated heterocycles. The van der Waals surface area contributed by atoms with Crippen molar-refractivity contribution in [3.63, 3.8) is 0 Å². The largest absolute Gasteiger partial charge is 0.372 e. The molecule has 1 atom stereocenters. The molecule has 0 spiro atoms. The molecular weight excluding hydrogens is 348 g/mol. The zero-order valence-electron chi connectivity index (χ0n) is 15.5. The monoisotopic (exact) mass is 373 g/mol. The quantitative estimate of drug-likeness (QED) is 0.796. The lowest BCUT2D eigenvalue weighted by Crippen LogP contribution is -2.30. The highest BCUT2D eigenvalue weighted by Gasteiger charge is 2.14. The van der Waals surface area contributed by atoms with Crippen molar-refractivity contribution in [3.05, 3.63) is 59.7 Å². The third kappa shape index (κ3) is 5.26. The summed E-state index contributed by atoms with van der Waals surface area (Å²) < 4.78 is 26.8. The molecule has 1 fully saturated rings. The first-order chi connectivity index (χ1) is 13.0. The highest BCUT2D eigenvalue weighted by atomic mass is 19.1. The summed E-state index contributed by atoms with van der Waals surface area (Å²) in [6, 6.07) is 10.9. The van der Waals surface area contributed by atoms with E-state index in [0.717, 1.165) is 24.8 Å². The van der Waals surface area contributed by atoms with Gasteiger partial charge in [0.2, 0.25) is 5.91 Å². The molecule has 0 aliphatic carbocycles. The molecule has 0 radical (unpaired) electrons. The van der Waals surface area contributed by atoms with Crippen LogP contribution in [0.15, 0.2) is 42.5 Å². The van der Waals surface area contributed by atoms with Gasteiger partial charge in [0, 0.05) is 42.1 Å². The lowest BCUT2D eigenvalue weighted by molar-refractivity contribution is -0.115. The molecule has 0 aromatic heterocycles. The summed E-state index contributed by atoms with van der Waals surface area (Å²) in [6.45, 7) is 3.92. The smallest absolute Gasteiger partial charge is 0.238 e. The van der Waals surface area contributed by atoms with E-state index < -0.39 is 17.7 Å². The highest BCUT2D eigenvalue weighted by Crippen LogP contribution is 2.22. The van der Waals surface area contributed by atoms with Crippen LogP contribution in [0.25, 0.3) is 0 Å². The summed E-state index contributed by atoms with van der Waals surface area (Å²) in [4.78, 5) is 14.5. The van der Waals surface area contributed by atoms with Gasteiger partial charge in [0.1, 0.15) is 11.6 Å². The molecule has 0 unspecified atom stereocenters. The van der Waals surface area contributed by atoms with Crippen LogP contribution in [-0.2, 0) is 4.79 Å². The molecule has 1 aliphatic rings. The Morgan fingerprint density at radius 1 is 1.07 bits per heavy atom. The van der Waals surface area contributed by atoms with Gasteiger partial charge in [-0.25, -0.2) is 8.78 Å². The van der Waals surface area contributed by atoms with Crippen molar-refractivity contribution in [3.8, 4) is 0 Å². The van der Waals surface area contributed by atoms with E-state index in [9.17, 15) is 13.6 Å². The Labute approximate surface area is 158 Å². The maximum atomic E-state index is 13.8. The molecule has 27 heavy (non-hydrogen) atoms. The normalized spacial score (nSPS) is 15.4. The Morgan fingerprint density at radius 3 is 2.44 bits per heavy atom. The van der Waals surface area contributed by atoms with Gasteiger partial charge < -0.3 is 15.5 Å². The average Bonchev–Trinajstić information content (AvgIpc) is 2.67. The van der Waals surface area contributed by atoms with E-state index in [2.05, 4.69) is 15.5 Å². The number of anilines is 2. The Morgan fingerprint density at radius 2 is 1.78 bits per heavy atom. The van der Waals surface area contributed by atoms with E-state index in [4.69, 9.17) is 0 Å². The summed E-state index contributed by atoms with van der Waals surface area (Å²) in [6.07, 6.45) is 3.73. The van der Waals surface area contributed by atoms with Crippen LogP contribution < -0.4 is 15.5 Å². The zero-order valence-corrected chi connectivity index (χ0v) is 15.5. The van der Waals surface area contributed by atoms with Crippen LogP contribution in [0.4, 0.5) is 20.2 Å². The van der Waals surface area contributed by atoms with Crippen molar-refractivity contribution in [2.24, 2.45) is 0 Å². The van der Waals surface area contributed by atoms with Crippen LogP contribution in [0.2, 0.25) is 0 Å². The fraction of sp³-hybridized carbons (Fsp3) is 0.381. The van der Waals surface area contributed by atoms with E-state index in [1.54, 1.807) is 6.92 Å². The van der Waals surface area contributed by atoms with Crippen molar-refractivity contribution >= 4 is 17.3 Å². The van der Waals surface area contributed by atoms with Gasteiger partial charge in [-0.3, -0.25) is 4.79 Å². The van der Waals surface area contributed by atoms with Gasteiger partial charge in [-0.05, 0) is 56.5 Å². The minimum atomic E-state index is -0.622. The van der Waals surface area contributed by atoms with Gasteiger partial charge in [-0.2, -0.15) is 0 Å². The molecule has 1 heterocycles. The zero-order chi connectivity index (χ0) is 19.2. The molecule has 1 aliphatic heterocycles. The second-order valence-electron chi connectivity index (χ2n) is 6.91. The predicted octanol–water partition coefficient (Wildman–Crippen LogP) is 4.24. The van der Waals surface area contributed by atoms with Gasteiger partial charge in [0.05, 0.1) is 6.54 Å². The van der Waals surface area contributed by atoms with Crippen LogP contribution in [0.1, 0.15) is 37.8 Å². The topological polar surface area (TPSA) is 44.4 Å². The number of amides is 1. The second-order valence-corrected chi connectivity index (χ2v) is 6.91. The van der Waals surface area contributed by atoms with Gasteiger partial charge in [-0.15, -0.1) is 0 Å². The maximum absolute atomic E-state index is 13.8. The standard InChI is InChI=1S/C21H25F2N3O/c1-15(19-10-5-16(22)13-20(19)23)24-14-21(27)25-17-6-8-18(9-7-17)26-11-3-2-4-12-26/h5-10,13,15,24H,2-4,11-12,14H2,1H3,(H,25,27)/t15-/m0/s1. The minimum absolute atomic E-state index is 0.0336. The number of carbonyl (C=O) groups is 1. The molecular formula is C21H25F2N3O. The fourth-order valence-electron chi connectivity index (χ4n) is 3.32. The van der Waals surface area contributed by atoms with Gasteiger partial charge in [0.15, 0.2) is 0 Å². The first-order valence-electron chi connectivity index (χ1n) is 9.36. The van der Waals surface area contributed by atoms with Crippen LogP contribution >= 0.6 is 0 Å². The van der Waals surface area contributed by atoms with Crippen molar-refractivity contribution in [1.29, 1.82) is 0 Å². The van der Waals surface area contributed by atoms with Crippen LogP contribution in [-0.4, -0.2) is 25.5 Å². The number of hydrogen-bond acceptors (Lipinski definition) is 3. The van der Waals surface area contributed by atoms with Crippen molar-refractivity contribution in [2.45, 2.75) is 32.2 Å². The van der Waals surface area contributed by atoms with E-state index in [-0.39, 0.29) is 12.5 Å². The van der Waals surface area contributed by atoms with Gasteiger partial charge >= 0.3 is 0 Å². The molecule has 2 N–H and O–H groups in total. The second kappa shape index (κ2) is 8.95. The SMILES string of the molecule is C[C@H](NCC(=O)Nc1ccc(N2CCCCC2)cc1)c1ccc(F)cc1F. The molecule has 4 nitrogen and oxygen atoms in total. The first kappa shape index (κ1) is 19.3. The minimum Gasteiger partial charge on any atom is -0.372 e. The first-order valence-corrected chi connectivity index (χ1v) is 9.36.